The summed E-state index contributed by atoms with van der Waals surface area (Å²) in [5.41, 5.74) is 1.44. The molecule has 0 bridgehead atoms. The number of rotatable bonds is 4. The van der Waals surface area contributed by atoms with Crippen LogP contribution in [0, 0.1) is 0 Å². The van der Waals surface area contributed by atoms with E-state index >= 15 is 0 Å². The quantitative estimate of drug-likeness (QED) is 0.893. The van der Waals surface area contributed by atoms with Gasteiger partial charge in [-0.05, 0) is 44.2 Å². The molecule has 0 spiro atoms. The minimum atomic E-state index is -0.0762. The molecular weight excluding hydrogens is 316 g/mol. The average molecular weight is 340 g/mol. The predicted molar refractivity (Wildman–Crippen MR) is 94.3 cm³/mol. The molecular formula is C18H24N6O. The number of hydrogen-bond donors (Lipinski definition) is 2. The van der Waals surface area contributed by atoms with Gasteiger partial charge in [-0.2, -0.15) is 5.10 Å². The van der Waals surface area contributed by atoms with E-state index in [1.165, 1.54) is 12.8 Å². The number of piperidine rings is 1. The molecule has 0 aromatic carbocycles. The third-order valence-corrected chi connectivity index (χ3v) is 5.19. The highest BCUT2D eigenvalue weighted by Crippen LogP contribution is 2.32. The lowest BCUT2D eigenvalue weighted by Gasteiger charge is -2.34. The molecule has 1 atom stereocenters. The number of aromatic nitrogens is 4. The molecule has 3 heterocycles. The van der Waals surface area contributed by atoms with Crippen molar-refractivity contribution in [2.75, 3.05) is 11.4 Å². The van der Waals surface area contributed by atoms with Gasteiger partial charge < -0.3 is 10.2 Å². The van der Waals surface area contributed by atoms with Crippen LogP contribution in [0.5, 0.6) is 0 Å². The minimum absolute atomic E-state index is 0.0762. The van der Waals surface area contributed by atoms with Crippen LogP contribution in [0.3, 0.4) is 0 Å². The van der Waals surface area contributed by atoms with Gasteiger partial charge in [0.05, 0.1) is 11.7 Å². The van der Waals surface area contributed by atoms with Gasteiger partial charge in [-0.25, -0.2) is 9.97 Å². The van der Waals surface area contributed by atoms with Crippen LogP contribution in [0.25, 0.3) is 0 Å². The van der Waals surface area contributed by atoms with Gasteiger partial charge in [0, 0.05) is 25.0 Å². The van der Waals surface area contributed by atoms with E-state index in [2.05, 4.69) is 30.4 Å². The van der Waals surface area contributed by atoms with Crippen LogP contribution < -0.4 is 10.2 Å². The second-order valence-electron chi connectivity index (χ2n) is 6.92. The van der Waals surface area contributed by atoms with Crippen molar-refractivity contribution in [1.82, 2.24) is 25.5 Å². The molecule has 2 fully saturated rings. The van der Waals surface area contributed by atoms with E-state index in [1.807, 2.05) is 12.1 Å². The smallest absolute Gasteiger partial charge is 0.271 e. The van der Waals surface area contributed by atoms with E-state index in [0.717, 1.165) is 50.3 Å². The molecule has 1 aliphatic heterocycles. The summed E-state index contributed by atoms with van der Waals surface area (Å²) in [6, 6.07) is 4.15. The van der Waals surface area contributed by atoms with Gasteiger partial charge in [-0.15, -0.1) is 0 Å². The van der Waals surface area contributed by atoms with Crippen molar-refractivity contribution in [3.05, 3.63) is 35.9 Å². The second-order valence-corrected chi connectivity index (χ2v) is 6.92. The van der Waals surface area contributed by atoms with E-state index < -0.39 is 0 Å². The number of amides is 1. The summed E-state index contributed by atoms with van der Waals surface area (Å²) in [6.07, 6.45) is 11.4. The van der Waals surface area contributed by atoms with E-state index in [9.17, 15) is 4.79 Å². The van der Waals surface area contributed by atoms with Crippen molar-refractivity contribution < 1.29 is 4.79 Å². The van der Waals surface area contributed by atoms with Gasteiger partial charge >= 0.3 is 0 Å². The Morgan fingerprint density at radius 2 is 1.88 bits per heavy atom. The standard InChI is InChI=1S/C18H24N6O/c25-17(21-13-6-1-2-7-13)15-12-14(22-23-15)16-8-3-4-11-24(16)18-19-9-5-10-20-18/h5,9-10,12-13,16H,1-4,6-8,11H2,(H,21,25)(H,22,23). The fraction of sp³-hybridized carbons (Fsp3) is 0.556. The summed E-state index contributed by atoms with van der Waals surface area (Å²) in [4.78, 5) is 23.4. The number of nitrogens with zero attached hydrogens (tertiary/aromatic N) is 4. The number of H-pyrrole nitrogens is 1. The number of carbonyl (C=O) groups is 1. The molecule has 2 aromatic rings. The van der Waals surface area contributed by atoms with E-state index in [-0.39, 0.29) is 11.9 Å². The lowest BCUT2D eigenvalue weighted by molar-refractivity contribution is 0.0933. The fourth-order valence-corrected chi connectivity index (χ4v) is 3.89. The van der Waals surface area contributed by atoms with Crippen LogP contribution in [0.4, 0.5) is 5.95 Å². The molecule has 1 saturated carbocycles. The summed E-state index contributed by atoms with van der Waals surface area (Å²) in [7, 11) is 0. The maximum atomic E-state index is 12.4. The molecule has 4 rings (SSSR count). The SMILES string of the molecule is O=C(NC1CCCC1)c1cc(C2CCCCN2c2ncccn2)[nH]n1. The third kappa shape index (κ3) is 3.50. The van der Waals surface area contributed by atoms with Gasteiger partial charge in [0.25, 0.3) is 5.91 Å². The summed E-state index contributed by atoms with van der Waals surface area (Å²) in [5.74, 6) is 0.659. The van der Waals surface area contributed by atoms with E-state index in [4.69, 9.17) is 0 Å². The van der Waals surface area contributed by atoms with E-state index in [0.29, 0.717) is 11.7 Å². The lowest BCUT2D eigenvalue weighted by atomic mass is 9.99. The van der Waals surface area contributed by atoms with Crippen LogP contribution in [0.1, 0.15) is 67.2 Å². The van der Waals surface area contributed by atoms with Crippen LogP contribution >= 0.6 is 0 Å². The molecule has 7 nitrogen and oxygen atoms in total. The Hall–Kier alpha value is -2.44. The zero-order valence-electron chi connectivity index (χ0n) is 14.3. The van der Waals surface area contributed by atoms with Crippen LogP contribution in [0.15, 0.2) is 24.5 Å². The first kappa shape index (κ1) is 16.1. The molecule has 1 aliphatic carbocycles. The van der Waals surface area contributed by atoms with Crippen molar-refractivity contribution in [1.29, 1.82) is 0 Å². The number of nitrogens with one attached hydrogen (secondary N) is 2. The molecule has 25 heavy (non-hydrogen) atoms. The summed E-state index contributed by atoms with van der Waals surface area (Å²) >= 11 is 0. The topological polar surface area (TPSA) is 86.8 Å². The predicted octanol–water partition coefficient (Wildman–Crippen LogP) is 2.60. The normalized spacial score (nSPS) is 21.4. The van der Waals surface area contributed by atoms with Crippen molar-refractivity contribution in [3.63, 3.8) is 0 Å². The van der Waals surface area contributed by atoms with Gasteiger partial charge in [0.15, 0.2) is 0 Å². The second kappa shape index (κ2) is 7.21. The highest BCUT2D eigenvalue weighted by atomic mass is 16.2. The van der Waals surface area contributed by atoms with Gasteiger partial charge in [-0.3, -0.25) is 9.89 Å². The van der Waals surface area contributed by atoms with Crippen LogP contribution in [-0.2, 0) is 0 Å². The Bertz CT molecular complexity index is 709. The van der Waals surface area contributed by atoms with Gasteiger partial charge in [-0.1, -0.05) is 12.8 Å². The first-order valence-electron chi connectivity index (χ1n) is 9.21. The van der Waals surface area contributed by atoms with E-state index in [1.54, 1.807) is 12.4 Å². The monoisotopic (exact) mass is 340 g/mol. The Labute approximate surface area is 147 Å². The summed E-state index contributed by atoms with van der Waals surface area (Å²) in [5, 5.41) is 10.4. The molecule has 2 aromatic heterocycles. The maximum absolute atomic E-state index is 12.4. The van der Waals surface area contributed by atoms with Crippen molar-refractivity contribution in [3.8, 4) is 0 Å². The maximum Gasteiger partial charge on any atom is 0.271 e. The Kier molecular flexibility index (Phi) is 4.63. The zero-order valence-corrected chi connectivity index (χ0v) is 14.3. The number of aromatic amines is 1. The highest BCUT2D eigenvalue weighted by Gasteiger charge is 2.28. The van der Waals surface area contributed by atoms with Crippen molar-refractivity contribution in [2.24, 2.45) is 0 Å². The van der Waals surface area contributed by atoms with Crippen LogP contribution in [-0.4, -0.2) is 38.7 Å². The Balaban J connectivity index is 1.50. The molecule has 0 radical (unpaired) electrons. The Morgan fingerprint density at radius 3 is 2.68 bits per heavy atom. The van der Waals surface area contributed by atoms with Gasteiger partial charge in [0.2, 0.25) is 5.95 Å². The molecule has 1 saturated heterocycles. The highest BCUT2D eigenvalue weighted by molar-refractivity contribution is 5.92. The summed E-state index contributed by atoms with van der Waals surface area (Å²) in [6.45, 7) is 0.914. The third-order valence-electron chi connectivity index (χ3n) is 5.19. The van der Waals surface area contributed by atoms with Crippen molar-refractivity contribution >= 4 is 11.9 Å². The van der Waals surface area contributed by atoms with Crippen LogP contribution in [0.2, 0.25) is 0 Å². The lowest BCUT2D eigenvalue weighted by Crippen LogP contribution is -2.35. The Morgan fingerprint density at radius 1 is 1.12 bits per heavy atom. The molecule has 1 amide bonds. The molecule has 132 valence electrons. The molecule has 2 N–H and O–H groups in total. The molecule has 1 unspecified atom stereocenters. The summed E-state index contributed by atoms with van der Waals surface area (Å²) < 4.78 is 0. The first-order valence-corrected chi connectivity index (χ1v) is 9.21. The molecule has 7 heteroatoms. The zero-order chi connectivity index (χ0) is 17.1. The number of carbonyl (C=O) groups excluding carboxylic acids is 1. The first-order chi connectivity index (χ1) is 12.3. The fourth-order valence-electron chi connectivity index (χ4n) is 3.89. The average Bonchev–Trinajstić information content (AvgIpc) is 3.34. The molecule has 2 aliphatic rings. The number of anilines is 1. The van der Waals surface area contributed by atoms with Gasteiger partial charge in [0.1, 0.15) is 5.69 Å². The van der Waals surface area contributed by atoms with Crippen molar-refractivity contribution in [2.45, 2.75) is 57.0 Å². The minimum Gasteiger partial charge on any atom is -0.348 e. The number of hydrogen-bond acceptors (Lipinski definition) is 5. The largest absolute Gasteiger partial charge is 0.348 e.